The van der Waals surface area contributed by atoms with Crippen molar-refractivity contribution in [3.8, 4) is 0 Å². The molecule has 0 spiro atoms. The number of ketones is 1. The summed E-state index contributed by atoms with van der Waals surface area (Å²) in [5.74, 6) is 1.58. The van der Waals surface area contributed by atoms with Crippen molar-refractivity contribution in [1.29, 1.82) is 0 Å². The first-order chi connectivity index (χ1) is 21.8. The van der Waals surface area contributed by atoms with E-state index >= 15 is 0 Å². The smallest absolute Gasteiger partial charge is 0.209 e. The second-order valence-corrected chi connectivity index (χ2v) is 13.9. The van der Waals surface area contributed by atoms with Gasteiger partial charge in [-0.1, -0.05) is 85.8 Å². The van der Waals surface area contributed by atoms with Crippen molar-refractivity contribution in [3.63, 3.8) is 0 Å². The van der Waals surface area contributed by atoms with Crippen molar-refractivity contribution in [2.45, 2.75) is 76.9 Å². The van der Waals surface area contributed by atoms with E-state index < -0.39 is 0 Å². The molecule has 1 N–H and O–H groups in total. The normalized spacial score (nSPS) is 22.1. The first kappa shape index (κ1) is 27.9. The second-order valence-electron chi connectivity index (χ2n) is 13.9. The Morgan fingerprint density at radius 3 is 2.47 bits per heavy atom. The molecule has 4 aromatic carbocycles. The summed E-state index contributed by atoms with van der Waals surface area (Å²) in [4.78, 5) is 21.9. The van der Waals surface area contributed by atoms with Crippen LogP contribution in [0.3, 0.4) is 0 Å². The lowest BCUT2D eigenvalue weighted by Crippen LogP contribution is -2.47. The van der Waals surface area contributed by atoms with E-state index in [1.165, 1.54) is 27.9 Å². The highest BCUT2D eigenvalue weighted by molar-refractivity contribution is 6.01. The van der Waals surface area contributed by atoms with Gasteiger partial charge >= 0.3 is 0 Å². The van der Waals surface area contributed by atoms with E-state index in [9.17, 15) is 4.79 Å². The fourth-order valence-corrected chi connectivity index (χ4v) is 8.35. The third-order valence-corrected chi connectivity index (χ3v) is 10.4. The van der Waals surface area contributed by atoms with Gasteiger partial charge in [0.25, 0.3) is 0 Å². The van der Waals surface area contributed by atoms with Crippen LogP contribution in [0, 0.1) is 6.92 Å². The van der Waals surface area contributed by atoms with Crippen LogP contribution in [0.4, 0.5) is 11.6 Å². The fourth-order valence-electron chi connectivity index (χ4n) is 8.35. The standard InChI is InChI=1S/C40H40N4O/c1-25-12-8-9-15-30(25)29-21-33-37(36(45)22-29)38(44-35-17-11-10-16-32(35)41-39(44)42-33)28-18-19-34-31(20-28)26(2)23-40(3,4)43(34)24-27-13-6-5-7-14-27/h5-20,26,29,38H,21-24H2,1-4H3,(H,41,42)/t26-,29+,38+/m0/s1. The molecule has 0 saturated heterocycles. The molecule has 3 heterocycles. The molecule has 0 unspecified atom stereocenters. The Morgan fingerprint density at radius 1 is 0.889 bits per heavy atom. The second kappa shape index (κ2) is 10.5. The number of para-hydroxylation sites is 2. The molecule has 5 nitrogen and oxygen atoms in total. The molecule has 3 atom stereocenters. The molecule has 0 saturated carbocycles. The highest BCUT2D eigenvalue weighted by atomic mass is 16.1. The topological polar surface area (TPSA) is 50.2 Å². The molecule has 5 heteroatoms. The molecule has 1 aromatic heterocycles. The summed E-state index contributed by atoms with van der Waals surface area (Å²) in [5.41, 5.74) is 11.5. The number of hydrogen-bond acceptors (Lipinski definition) is 4. The summed E-state index contributed by atoms with van der Waals surface area (Å²) < 4.78 is 2.26. The lowest BCUT2D eigenvalue weighted by Gasteiger charge is -2.48. The van der Waals surface area contributed by atoms with E-state index in [1.54, 1.807) is 0 Å². The van der Waals surface area contributed by atoms with Gasteiger partial charge in [-0.05, 0) is 91.5 Å². The van der Waals surface area contributed by atoms with Crippen molar-refractivity contribution in [1.82, 2.24) is 9.55 Å². The molecular weight excluding hydrogens is 552 g/mol. The first-order valence-electron chi connectivity index (χ1n) is 16.3. The maximum atomic E-state index is 14.3. The van der Waals surface area contributed by atoms with Crippen LogP contribution in [-0.2, 0) is 11.3 Å². The van der Waals surface area contributed by atoms with E-state index in [1.807, 2.05) is 6.07 Å². The average molecular weight is 593 g/mol. The van der Waals surface area contributed by atoms with Crippen LogP contribution in [0.25, 0.3) is 11.0 Å². The van der Waals surface area contributed by atoms with E-state index in [2.05, 4.69) is 133 Å². The summed E-state index contributed by atoms with van der Waals surface area (Å²) in [6.45, 7) is 10.1. The summed E-state index contributed by atoms with van der Waals surface area (Å²) in [5, 5.41) is 3.66. The third-order valence-electron chi connectivity index (χ3n) is 10.4. The number of fused-ring (bicyclic) bond motifs is 4. The maximum absolute atomic E-state index is 14.3. The van der Waals surface area contributed by atoms with Gasteiger partial charge < -0.3 is 10.2 Å². The number of allylic oxidation sites excluding steroid dienone is 2. The molecular formula is C40H40N4O. The predicted molar refractivity (Wildman–Crippen MR) is 183 cm³/mol. The molecule has 226 valence electrons. The summed E-state index contributed by atoms with van der Waals surface area (Å²) in [7, 11) is 0. The van der Waals surface area contributed by atoms with Crippen LogP contribution in [-0.4, -0.2) is 20.9 Å². The number of nitrogens with one attached hydrogen (secondary N) is 1. The Morgan fingerprint density at radius 2 is 1.64 bits per heavy atom. The zero-order chi connectivity index (χ0) is 30.9. The van der Waals surface area contributed by atoms with Crippen LogP contribution in [0.2, 0.25) is 0 Å². The molecule has 0 radical (unpaired) electrons. The van der Waals surface area contributed by atoms with Crippen LogP contribution < -0.4 is 10.2 Å². The number of benzene rings is 4. The maximum Gasteiger partial charge on any atom is 0.209 e. The molecule has 5 aromatic rings. The quantitative estimate of drug-likeness (QED) is 0.226. The number of anilines is 2. The average Bonchev–Trinajstić information content (AvgIpc) is 3.40. The van der Waals surface area contributed by atoms with Crippen molar-refractivity contribution in [2.75, 3.05) is 10.2 Å². The minimum absolute atomic E-state index is 0.0197. The van der Waals surface area contributed by atoms with Crippen molar-refractivity contribution < 1.29 is 4.79 Å². The minimum atomic E-state index is -0.232. The van der Waals surface area contributed by atoms with Crippen LogP contribution >= 0.6 is 0 Å². The molecule has 0 bridgehead atoms. The number of nitrogens with zero attached hydrogens (tertiary/aromatic N) is 3. The first-order valence-corrected chi connectivity index (χ1v) is 16.3. The molecule has 0 fully saturated rings. The fraction of sp³-hybridized carbons (Fsp3) is 0.300. The largest absolute Gasteiger partial charge is 0.362 e. The number of Topliss-reactive ketones (excluding diaryl/α,β-unsaturated/α-hetero) is 1. The molecule has 8 rings (SSSR count). The van der Waals surface area contributed by atoms with Gasteiger partial charge in [-0.2, -0.15) is 0 Å². The number of hydrogen-bond donors (Lipinski definition) is 1. The number of imidazole rings is 1. The lowest BCUT2D eigenvalue weighted by molar-refractivity contribution is -0.116. The summed E-state index contributed by atoms with van der Waals surface area (Å²) in [6, 6.07) is 34.3. The Hall–Kier alpha value is -4.64. The van der Waals surface area contributed by atoms with E-state index in [0.717, 1.165) is 53.2 Å². The molecule has 0 amide bonds. The predicted octanol–water partition coefficient (Wildman–Crippen LogP) is 9.05. The van der Waals surface area contributed by atoms with Gasteiger partial charge in [-0.25, -0.2) is 4.98 Å². The van der Waals surface area contributed by atoms with E-state index in [0.29, 0.717) is 12.3 Å². The summed E-state index contributed by atoms with van der Waals surface area (Å²) in [6.07, 6.45) is 2.38. The van der Waals surface area contributed by atoms with Gasteiger partial charge in [-0.15, -0.1) is 0 Å². The zero-order valence-electron chi connectivity index (χ0n) is 26.5. The molecule has 3 aliphatic rings. The van der Waals surface area contributed by atoms with Crippen molar-refractivity contribution in [2.24, 2.45) is 0 Å². The van der Waals surface area contributed by atoms with Crippen LogP contribution in [0.5, 0.6) is 0 Å². The van der Waals surface area contributed by atoms with E-state index in [4.69, 9.17) is 4.98 Å². The van der Waals surface area contributed by atoms with Gasteiger partial charge in [0.2, 0.25) is 5.95 Å². The van der Waals surface area contributed by atoms with E-state index in [-0.39, 0.29) is 23.3 Å². The number of aromatic nitrogens is 2. The Bertz CT molecular complexity index is 1980. The zero-order valence-corrected chi connectivity index (χ0v) is 26.5. The van der Waals surface area contributed by atoms with Gasteiger partial charge in [0, 0.05) is 35.5 Å². The SMILES string of the molecule is Cc1ccccc1[C@H]1CC(=O)C2=C(C1)Nc1nc3ccccc3n1[C@@H]2c1ccc2c(c1)[C@@H](C)CC(C)(C)N2Cc1ccccc1. The Balaban J connectivity index is 1.27. The van der Waals surface area contributed by atoms with Gasteiger partial charge in [-0.3, -0.25) is 9.36 Å². The number of carbonyl (C=O) groups excluding carboxylic acids is 1. The molecule has 1 aliphatic carbocycles. The van der Waals surface area contributed by atoms with Crippen molar-refractivity contribution >= 4 is 28.5 Å². The number of aryl methyl sites for hydroxylation is 1. The number of carbonyl (C=O) groups is 1. The van der Waals surface area contributed by atoms with Crippen LogP contribution in [0.1, 0.15) is 85.7 Å². The minimum Gasteiger partial charge on any atom is -0.362 e. The molecule has 2 aliphatic heterocycles. The highest BCUT2D eigenvalue weighted by Crippen LogP contribution is 2.49. The van der Waals surface area contributed by atoms with Gasteiger partial charge in [0.05, 0.1) is 17.1 Å². The summed E-state index contributed by atoms with van der Waals surface area (Å²) >= 11 is 0. The molecule has 45 heavy (non-hydrogen) atoms. The number of rotatable bonds is 4. The monoisotopic (exact) mass is 592 g/mol. The lowest BCUT2D eigenvalue weighted by atomic mass is 9.75. The van der Waals surface area contributed by atoms with Gasteiger partial charge in [0.15, 0.2) is 5.78 Å². The van der Waals surface area contributed by atoms with Gasteiger partial charge in [0.1, 0.15) is 0 Å². The Kier molecular flexibility index (Phi) is 6.49. The van der Waals surface area contributed by atoms with Crippen LogP contribution in [0.15, 0.2) is 108 Å². The van der Waals surface area contributed by atoms with Crippen molar-refractivity contribution in [3.05, 3.63) is 136 Å². The Labute approximate surface area is 265 Å². The highest BCUT2D eigenvalue weighted by Gasteiger charge is 2.41. The third kappa shape index (κ3) is 4.59.